The van der Waals surface area contributed by atoms with Crippen LogP contribution in [0, 0.1) is 23.2 Å². The summed E-state index contributed by atoms with van der Waals surface area (Å²) in [6.07, 6.45) is 10.2. The van der Waals surface area contributed by atoms with Crippen LogP contribution in [0.25, 0.3) is 0 Å². The molecule has 4 saturated carbocycles. The first kappa shape index (κ1) is 12.4. The van der Waals surface area contributed by atoms with E-state index in [2.05, 4.69) is 17.5 Å². The summed E-state index contributed by atoms with van der Waals surface area (Å²) in [6.45, 7) is 0.874. The number of thiophene rings is 1. The van der Waals surface area contributed by atoms with E-state index in [1.54, 1.807) is 4.88 Å². The highest BCUT2D eigenvalue weighted by Crippen LogP contribution is 2.67. The zero-order chi connectivity index (χ0) is 12.9. The predicted octanol–water partition coefficient (Wildman–Crippen LogP) is 4.40. The molecule has 4 aliphatic rings. The minimum absolute atomic E-state index is 0.624. The molecular formula is C17H25NS. The Balaban J connectivity index is 1.70. The molecule has 0 spiro atoms. The molecule has 1 nitrogen and oxygen atoms in total. The van der Waals surface area contributed by atoms with Crippen LogP contribution >= 0.6 is 11.3 Å². The van der Waals surface area contributed by atoms with Gasteiger partial charge in [-0.3, -0.25) is 0 Å². The van der Waals surface area contributed by atoms with E-state index in [1.807, 2.05) is 11.3 Å². The standard InChI is InChI=1S/C17H25NS/c18-5-2-4-17-10-12-7-13(11-17)9-14(8-12)16(17)15-3-1-6-19-15/h1,3,6,12-14,16H,2,4-5,7-11,18H2. The Morgan fingerprint density at radius 1 is 1.21 bits per heavy atom. The first-order chi connectivity index (χ1) is 9.31. The van der Waals surface area contributed by atoms with Crippen LogP contribution in [0.3, 0.4) is 0 Å². The van der Waals surface area contributed by atoms with Crippen molar-refractivity contribution in [2.24, 2.45) is 28.9 Å². The summed E-state index contributed by atoms with van der Waals surface area (Å²) in [5.41, 5.74) is 6.45. The van der Waals surface area contributed by atoms with Crippen molar-refractivity contribution in [2.45, 2.75) is 50.9 Å². The van der Waals surface area contributed by atoms with Crippen LogP contribution in [-0.4, -0.2) is 6.54 Å². The second-order valence-corrected chi connectivity index (χ2v) is 8.33. The molecule has 4 aliphatic carbocycles. The van der Waals surface area contributed by atoms with Gasteiger partial charge < -0.3 is 5.73 Å². The van der Waals surface area contributed by atoms with Crippen LogP contribution < -0.4 is 5.73 Å². The van der Waals surface area contributed by atoms with Gasteiger partial charge in [-0.1, -0.05) is 6.07 Å². The highest BCUT2D eigenvalue weighted by molar-refractivity contribution is 7.10. The van der Waals surface area contributed by atoms with Crippen molar-refractivity contribution < 1.29 is 0 Å². The smallest absolute Gasteiger partial charge is 0.00844 e. The van der Waals surface area contributed by atoms with Crippen LogP contribution in [0.15, 0.2) is 17.5 Å². The van der Waals surface area contributed by atoms with Gasteiger partial charge in [0, 0.05) is 10.8 Å². The van der Waals surface area contributed by atoms with Gasteiger partial charge in [-0.15, -0.1) is 11.3 Å². The van der Waals surface area contributed by atoms with Gasteiger partial charge in [0.05, 0.1) is 0 Å². The Hall–Kier alpha value is -0.340. The summed E-state index contributed by atoms with van der Waals surface area (Å²) >= 11 is 2.00. The molecule has 104 valence electrons. The third-order valence-corrected chi connectivity index (χ3v) is 7.14. The van der Waals surface area contributed by atoms with Gasteiger partial charge in [-0.25, -0.2) is 0 Å². The van der Waals surface area contributed by atoms with Gasteiger partial charge in [0.1, 0.15) is 0 Å². The van der Waals surface area contributed by atoms with Crippen molar-refractivity contribution in [2.75, 3.05) is 6.54 Å². The molecule has 5 rings (SSSR count). The van der Waals surface area contributed by atoms with E-state index in [-0.39, 0.29) is 0 Å². The van der Waals surface area contributed by atoms with Crippen molar-refractivity contribution >= 4 is 11.3 Å². The Morgan fingerprint density at radius 3 is 2.63 bits per heavy atom. The molecule has 1 aromatic rings. The molecule has 0 aromatic carbocycles. The van der Waals surface area contributed by atoms with Crippen molar-refractivity contribution in [3.8, 4) is 0 Å². The number of hydrogen-bond acceptors (Lipinski definition) is 2. The second-order valence-electron chi connectivity index (χ2n) is 7.36. The number of hydrogen-bond donors (Lipinski definition) is 1. The molecule has 1 aromatic heterocycles. The van der Waals surface area contributed by atoms with Gasteiger partial charge in [-0.2, -0.15) is 0 Å². The molecule has 0 saturated heterocycles. The van der Waals surface area contributed by atoms with Gasteiger partial charge in [0.15, 0.2) is 0 Å². The lowest BCUT2D eigenvalue weighted by atomic mass is 9.44. The molecular weight excluding hydrogens is 250 g/mol. The molecule has 19 heavy (non-hydrogen) atoms. The van der Waals surface area contributed by atoms with Crippen molar-refractivity contribution in [1.29, 1.82) is 0 Å². The van der Waals surface area contributed by atoms with E-state index < -0.39 is 0 Å². The van der Waals surface area contributed by atoms with Crippen molar-refractivity contribution in [3.05, 3.63) is 22.4 Å². The minimum atomic E-state index is 0.624. The quantitative estimate of drug-likeness (QED) is 0.866. The number of rotatable bonds is 4. The van der Waals surface area contributed by atoms with E-state index >= 15 is 0 Å². The van der Waals surface area contributed by atoms with E-state index in [4.69, 9.17) is 5.73 Å². The first-order valence-electron chi connectivity index (χ1n) is 8.04. The average Bonchev–Trinajstić information content (AvgIpc) is 2.89. The molecule has 4 fully saturated rings. The lowest BCUT2D eigenvalue weighted by molar-refractivity contribution is -0.0795. The SMILES string of the molecule is NCCCC12CC3CC(CC(C3)C1c1cccs1)C2. The normalized spacial score (nSPS) is 43.8. The van der Waals surface area contributed by atoms with Gasteiger partial charge in [-0.05, 0) is 86.1 Å². The summed E-state index contributed by atoms with van der Waals surface area (Å²) in [5, 5.41) is 2.27. The Morgan fingerprint density at radius 2 is 2.00 bits per heavy atom. The van der Waals surface area contributed by atoms with Crippen molar-refractivity contribution in [1.82, 2.24) is 0 Å². The van der Waals surface area contributed by atoms with E-state index in [0.29, 0.717) is 5.41 Å². The summed E-state index contributed by atoms with van der Waals surface area (Å²) in [4.78, 5) is 1.68. The fraction of sp³-hybridized carbons (Fsp3) is 0.765. The summed E-state index contributed by atoms with van der Waals surface area (Å²) in [7, 11) is 0. The van der Waals surface area contributed by atoms with Gasteiger partial charge in [0.2, 0.25) is 0 Å². The molecule has 3 unspecified atom stereocenters. The molecule has 1 heterocycles. The summed E-state index contributed by atoms with van der Waals surface area (Å²) in [6, 6.07) is 4.66. The molecule has 4 bridgehead atoms. The Bertz CT molecular complexity index is 424. The minimum Gasteiger partial charge on any atom is -0.330 e. The average molecular weight is 275 g/mol. The monoisotopic (exact) mass is 275 g/mol. The predicted molar refractivity (Wildman–Crippen MR) is 81.3 cm³/mol. The van der Waals surface area contributed by atoms with Crippen LogP contribution in [0.2, 0.25) is 0 Å². The molecule has 0 amide bonds. The maximum Gasteiger partial charge on any atom is 0.00844 e. The van der Waals surface area contributed by atoms with Crippen LogP contribution in [0.4, 0.5) is 0 Å². The lowest BCUT2D eigenvalue weighted by Crippen LogP contribution is -2.51. The van der Waals surface area contributed by atoms with Crippen LogP contribution in [-0.2, 0) is 0 Å². The summed E-state index contributed by atoms with van der Waals surface area (Å²) in [5.74, 6) is 3.95. The van der Waals surface area contributed by atoms with Crippen LogP contribution in [0.5, 0.6) is 0 Å². The maximum atomic E-state index is 5.82. The maximum absolute atomic E-state index is 5.82. The topological polar surface area (TPSA) is 26.0 Å². The number of nitrogens with two attached hydrogens (primary N) is 1. The molecule has 2 heteroatoms. The lowest BCUT2D eigenvalue weighted by Gasteiger charge is -2.61. The second kappa shape index (κ2) is 4.60. The highest BCUT2D eigenvalue weighted by Gasteiger charge is 2.56. The van der Waals surface area contributed by atoms with Gasteiger partial charge >= 0.3 is 0 Å². The van der Waals surface area contributed by atoms with Crippen LogP contribution in [0.1, 0.15) is 55.7 Å². The molecule has 0 aliphatic heterocycles. The molecule has 2 N–H and O–H groups in total. The van der Waals surface area contributed by atoms with Crippen molar-refractivity contribution in [3.63, 3.8) is 0 Å². The third-order valence-electron chi connectivity index (χ3n) is 6.19. The zero-order valence-electron chi connectivity index (χ0n) is 11.7. The largest absolute Gasteiger partial charge is 0.330 e. The van der Waals surface area contributed by atoms with E-state index in [1.165, 1.54) is 44.9 Å². The highest BCUT2D eigenvalue weighted by atomic mass is 32.1. The Kier molecular flexibility index (Phi) is 3.00. The Labute approximate surface area is 120 Å². The summed E-state index contributed by atoms with van der Waals surface area (Å²) < 4.78 is 0. The fourth-order valence-corrected chi connectivity index (χ4v) is 7.09. The third kappa shape index (κ3) is 1.91. The van der Waals surface area contributed by atoms with Gasteiger partial charge in [0.25, 0.3) is 0 Å². The first-order valence-corrected chi connectivity index (χ1v) is 8.92. The molecule has 3 atom stereocenters. The van der Waals surface area contributed by atoms with E-state index in [0.717, 1.165) is 30.2 Å². The fourth-order valence-electron chi connectivity index (χ4n) is 6.03. The zero-order valence-corrected chi connectivity index (χ0v) is 12.5. The van der Waals surface area contributed by atoms with E-state index in [9.17, 15) is 0 Å². The molecule has 0 radical (unpaired) electrons.